The van der Waals surface area contributed by atoms with Gasteiger partial charge in [0.25, 0.3) is 10.0 Å². The lowest BCUT2D eigenvalue weighted by atomic mass is 9.97. The minimum atomic E-state index is -3.54. The Labute approximate surface area is 146 Å². The van der Waals surface area contributed by atoms with Gasteiger partial charge in [-0.25, -0.2) is 8.42 Å². The van der Waals surface area contributed by atoms with Crippen molar-refractivity contribution in [1.82, 2.24) is 9.21 Å². The third kappa shape index (κ3) is 3.73. The Morgan fingerprint density at radius 2 is 1.87 bits per heavy atom. The Kier molecular flexibility index (Phi) is 5.30. The molecule has 1 atom stereocenters. The maximum absolute atomic E-state index is 12.7. The number of carbonyl (C=O) groups is 1. The second-order valence-electron chi connectivity index (χ2n) is 6.15. The van der Waals surface area contributed by atoms with Gasteiger partial charge in [-0.3, -0.25) is 4.79 Å². The topological polar surface area (TPSA) is 57.7 Å². The van der Waals surface area contributed by atoms with E-state index in [9.17, 15) is 13.2 Å². The molecule has 2 fully saturated rings. The van der Waals surface area contributed by atoms with Gasteiger partial charge in [0.05, 0.1) is 10.3 Å². The number of likely N-dealkylation sites (tertiary alicyclic amines) is 1. The second kappa shape index (κ2) is 7.09. The first kappa shape index (κ1) is 17.2. The van der Waals surface area contributed by atoms with E-state index in [1.807, 2.05) is 4.90 Å². The van der Waals surface area contributed by atoms with Gasteiger partial charge in [-0.2, -0.15) is 4.31 Å². The van der Waals surface area contributed by atoms with Gasteiger partial charge >= 0.3 is 0 Å². The van der Waals surface area contributed by atoms with Gasteiger partial charge in [-0.05, 0) is 44.2 Å². The molecule has 1 amide bonds. The number of amides is 1. The summed E-state index contributed by atoms with van der Waals surface area (Å²) in [6, 6.07) is 3.14. The number of rotatable bonds is 3. The summed E-state index contributed by atoms with van der Waals surface area (Å²) in [5, 5.41) is 0. The lowest BCUT2D eigenvalue weighted by molar-refractivity contribution is -0.137. The van der Waals surface area contributed by atoms with Crippen LogP contribution in [0.2, 0.25) is 4.34 Å². The van der Waals surface area contributed by atoms with Crippen LogP contribution in [-0.4, -0.2) is 49.7 Å². The Bertz CT molecular complexity index is 668. The first-order valence-corrected chi connectivity index (χ1v) is 10.7. The van der Waals surface area contributed by atoms with Gasteiger partial charge in [0.15, 0.2) is 0 Å². The molecule has 128 valence electrons. The Hall–Kier alpha value is -0.630. The fraction of sp³-hybridized carbons (Fsp3) is 0.667. The molecule has 2 saturated heterocycles. The quantitative estimate of drug-likeness (QED) is 0.815. The van der Waals surface area contributed by atoms with Crippen LogP contribution in [0.5, 0.6) is 0 Å². The van der Waals surface area contributed by atoms with Crippen molar-refractivity contribution >= 4 is 38.9 Å². The summed E-state index contributed by atoms with van der Waals surface area (Å²) >= 11 is 6.93. The fourth-order valence-corrected chi connectivity index (χ4v) is 6.46. The van der Waals surface area contributed by atoms with Crippen LogP contribution in [0, 0.1) is 5.92 Å². The summed E-state index contributed by atoms with van der Waals surface area (Å²) in [4.78, 5) is 14.6. The molecule has 0 bridgehead atoms. The molecule has 3 heterocycles. The monoisotopic (exact) mass is 376 g/mol. The number of piperidine rings is 2. The third-order valence-corrected chi connectivity index (χ3v) is 8.11. The summed E-state index contributed by atoms with van der Waals surface area (Å²) < 4.78 is 27.6. The van der Waals surface area contributed by atoms with Gasteiger partial charge in [0, 0.05) is 26.2 Å². The second-order valence-corrected chi connectivity index (χ2v) is 10.0. The van der Waals surface area contributed by atoms with E-state index in [-0.39, 0.29) is 22.6 Å². The SMILES string of the molecule is O=C(C1CCCN(S(=O)(=O)c2ccc(Cl)s2)C1)N1CCCCC1. The van der Waals surface area contributed by atoms with Gasteiger partial charge in [-0.1, -0.05) is 11.6 Å². The van der Waals surface area contributed by atoms with Gasteiger partial charge in [0.2, 0.25) is 5.91 Å². The van der Waals surface area contributed by atoms with E-state index in [0.29, 0.717) is 10.9 Å². The highest BCUT2D eigenvalue weighted by Crippen LogP contribution is 2.31. The highest BCUT2D eigenvalue weighted by Gasteiger charge is 2.35. The molecule has 1 aromatic rings. The molecular weight excluding hydrogens is 356 g/mol. The number of nitrogens with zero attached hydrogens (tertiary/aromatic N) is 2. The molecule has 2 aliphatic heterocycles. The van der Waals surface area contributed by atoms with Crippen molar-refractivity contribution in [2.24, 2.45) is 5.92 Å². The number of hydrogen-bond donors (Lipinski definition) is 0. The maximum atomic E-state index is 12.7. The van der Waals surface area contributed by atoms with Crippen LogP contribution in [0.1, 0.15) is 32.1 Å². The predicted molar refractivity (Wildman–Crippen MR) is 91.2 cm³/mol. The van der Waals surface area contributed by atoms with E-state index in [4.69, 9.17) is 11.6 Å². The molecule has 5 nitrogen and oxygen atoms in total. The largest absolute Gasteiger partial charge is 0.342 e. The Morgan fingerprint density at radius 1 is 1.13 bits per heavy atom. The highest BCUT2D eigenvalue weighted by molar-refractivity contribution is 7.91. The van der Waals surface area contributed by atoms with E-state index in [2.05, 4.69) is 0 Å². The first-order valence-electron chi connectivity index (χ1n) is 8.03. The summed E-state index contributed by atoms with van der Waals surface area (Å²) in [5.74, 6) is -0.0964. The first-order chi connectivity index (χ1) is 11.0. The zero-order valence-corrected chi connectivity index (χ0v) is 15.3. The molecule has 8 heteroatoms. The molecule has 0 N–H and O–H groups in total. The molecule has 1 unspecified atom stereocenters. The van der Waals surface area contributed by atoms with Gasteiger partial charge in [0.1, 0.15) is 4.21 Å². The van der Waals surface area contributed by atoms with Gasteiger partial charge < -0.3 is 4.90 Å². The van der Waals surface area contributed by atoms with E-state index >= 15 is 0 Å². The molecule has 0 aromatic carbocycles. The summed E-state index contributed by atoms with van der Waals surface area (Å²) in [7, 11) is -3.54. The van der Waals surface area contributed by atoms with Crippen molar-refractivity contribution in [3.05, 3.63) is 16.5 Å². The summed E-state index contributed by atoms with van der Waals surface area (Å²) in [5.41, 5.74) is 0. The van der Waals surface area contributed by atoms with E-state index in [1.165, 1.54) is 10.7 Å². The molecule has 0 spiro atoms. The molecular formula is C15H21ClN2O3S2. The molecule has 0 saturated carbocycles. The fourth-order valence-electron chi connectivity index (χ4n) is 3.30. The number of carbonyl (C=O) groups excluding carboxylic acids is 1. The minimum Gasteiger partial charge on any atom is -0.342 e. The van der Waals surface area contributed by atoms with Crippen molar-refractivity contribution in [1.29, 1.82) is 0 Å². The van der Waals surface area contributed by atoms with E-state index in [0.717, 1.165) is 50.1 Å². The third-order valence-electron chi connectivity index (χ3n) is 4.54. The van der Waals surface area contributed by atoms with E-state index in [1.54, 1.807) is 12.1 Å². The molecule has 2 aliphatic rings. The van der Waals surface area contributed by atoms with Crippen LogP contribution in [0.4, 0.5) is 0 Å². The number of thiophene rings is 1. The van der Waals surface area contributed by atoms with Crippen LogP contribution in [0.25, 0.3) is 0 Å². The van der Waals surface area contributed by atoms with Crippen molar-refractivity contribution < 1.29 is 13.2 Å². The zero-order valence-electron chi connectivity index (χ0n) is 12.9. The zero-order chi connectivity index (χ0) is 16.4. The molecule has 0 radical (unpaired) electrons. The average molecular weight is 377 g/mol. The lowest BCUT2D eigenvalue weighted by Crippen LogP contribution is -2.47. The van der Waals surface area contributed by atoms with Crippen molar-refractivity contribution in [2.45, 2.75) is 36.3 Å². The molecule has 1 aromatic heterocycles. The maximum Gasteiger partial charge on any atom is 0.252 e. The lowest BCUT2D eigenvalue weighted by Gasteiger charge is -2.35. The normalized spacial score (nSPS) is 23.9. The molecule has 0 aliphatic carbocycles. The predicted octanol–water partition coefficient (Wildman–Crippen LogP) is 2.81. The van der Waals surface area contributed by atoms with Crippen molar-refractivity contribution in [3.8, 4) is 0 Å². The molecule has 23 heavy (non-hydrogen) atoms. The van der Waals surface area contributed by atoms with Crippen LogP contribution in [0.15, 0.2) is 16.3 Å². The number of sulfonamides is 1. The Morgan fingerprint density at radius 3 is 2.52 bits per heavy atom. The van der Waals surface area contributed by atoms with Crippen molar-refractivity contribution in [2.75, 3.05) is 26.2 Å². The highest BCUT2D eigenvalue weighted by atomic mass is 35.5. The minimum absolute atomic E-state index is 0.119. The number of hydrogen-bond acceptors (Lipinski definition) is 4. The summed E-state index contributed by atoms with van der Waals surface area (Å²) in [6.45, 7) is 2.38. The van der Waals surface area contributed by atoms with Crippen LogP contribution < -0.4 is 0 Å². The van der Waals surface area contributed by atoms with Crippen molar-refractivity contribution in [3.63, 3.8) is 0 Å². The Balaban J connectivity index is 1.71. The average Bonchev–Trinajstić information content (AvgIpc) is 3.02. The summed E-state index contributed by atoms with van der Waals surface area (Å²) in [6.07, 6.45) is 4.77. The standard InChI is InChI=1S/C15H21ClN2O3S2/c16-13-6-7-14(22-13)23(20,21)18-10-4-5-12(11-18)15(19)17-8-2-1-3-9-17/h6-7,12H,1-5,8-11H2. The number of halogens is 1. The smallest absolute Gasteiger partial charge is 0.252 e. The van der Waals surface area contributed by atoms with Crippen LogP contribution in [0.3, 0.4) is 0 Å². The molecule has 3 rings (SSSR count). The van der Waals surface area contributed by atoms with Crippen LogP contribution >= 0.6 is 22.9 Å². The van der Waals surface area contributed by atoms with E-state index < -0.39 is 10.0 Å². The van der Waals surface area contributed by atoms with Crippen LogP contribution in [-0.2, 0) is 14.8 Å². The van der Waals surface area contributed by atoms with Gasteiger partial charge in [-0.15, -0.1) is 11.3 Å².